The molecule has 112 valence electrons. The first-order valence-corrected chi connectivity index (χ1v) is 6.74. The Morgan fingerprint density at radius 2 is 1.68 bits per heavy atom. The van der Waals surface area contributed by atoms with Crippen molar-refractivity contribution in [2.24, 2.45) is 0 Å². The minimum absolute atomic E-state index is 0.150. The summed E-state index contributed by atoms with van der Waals surface area (Å²) in [5.74, 6) is 0.321. The molecular formula is C18H16O4. The van der Waals surface area contributed by atoms with Gasteiger partial charge in [-0.05, 0) is 42.8 Å². The molecule has 22 heavy (non-hydrogen) atoms. The number of carbonyl (C=O) groups is 2. The van der Waals surface area contributed by atoms with Gasteiger partial charge >= 0.3 is 5.97 Å². The third kappa shape index (κ3) is 4.06. The lowest BCUT2D eigenvalue weighted by Crippen LogP contribution is -2.07. The first kappa shape index (κ1) is 15.5. The molecule has 0 N–H and O–H groups in total. The van der Waals surface area contributed by atoms with Crippen LogP contribution < -0.4 is 9.47 Å². The van der Waals surface area contributed by atoms with E-state index in [-0.39, 0.29) is 11.5 Å². The van der Waals surface area contributed by atoms with Crippen molar-refractivity contribution in [3.8, 4) is 11.5 Å². The van der Waals surface area contributed by atoms with Gasteiger partial charge in [0.1, 0.15) is 11.5 Å². The van der Waals surface area contributed by atoms with E-state index in [0.717, 1.165) is 11.3 Å². The largest absolute Gasteiger partial charge is 0.497 e. The van der Waals surface area contributed by atoms with Crippen molar-refractivity contribution in [3.63, 3.8) is 0 Å². The minimum Gasteiger partial charge on any atom is -0.497 e. The molecule has 0 amide bonds. The molecule has 0 atom stereocenters. The number of esters is 1. The molecule has 2 aromatic rings. The second-order valence-corrected chi connectivity index (χ2v) is 4.58. The van der Waals surface area contributed by atoms with E-state index in [9.17, 15) is 9.59 Å². The van der Waals surface area contributed by atoms with Gasteiger partial charge in [0.15, 0.2) is 5.78 Å². The molecule has 4 nitrogen and oxygen atoms in total. The molecule has 2 rings (SSSR count). The smallest absolute Gasteiger partial charge is 0.336 e. The Kier molecular flexibility index (Phi) is 5.09. The van der Waals surface area contributed by atoms with Crippen LogP contribution in [0.4, 0.5) is 0 Å². The van der Waals surface area contributed by atoms with E-state index < -0.39 is 5.97 Å². The normalized spacial score (nSPS) is 10.5. The Morgan fingerprint density at radius 1 is 1.00 bits per heavy atom. The van der Waals surface area contributed by atoms with Gasteiger partial charge in [0, 0.05) is 6.08 Å². The lowest BCUT2D eigenvalue weighted by molar-refractivity contribution is -0.128. The second-order valence-electron chi connectivity index (χ2n) is 4.58. The molecule has 0 unspecified atom stereocenters. The summed E-state index contributed by atoms with van der Waals surface area (Å²) in [6.45, 7) is 1.43. The summed E-state index contributed by atoms with van der Waals surface area (Å²) in [5, 5.41) is 0. The summed E-state index contributed by atoms with van der Waals surface area (Å²) in [6, 6.07) is 13.9. The van der Waals surface area contributed by atoms with Gasteiger partial charge in [0.05, 0.1) is 12.7 Å². The maximum atomic E-state index is 11.8. The summed E-state index contributed by atoms with van der Waals surface area (Å²) in [6.07, 6.45) is 2.96. The van der Waals surface area contributed by atoms with Crippen LogP contribution >= 0.6 is 0 Å². The van der Waals surface area contributed by atoms with Gasteiger partial charge in [-0.2, -0.15) is 0 Å². The summed E-state index contributed by atoms with van der Waals surface area (Å²) in [7, 11) is 1.59. The summed E-state index contributed by atoms with van der Waals surface area (Å²) >= 11 is 0. The summed E-state index contributed by atoms with van der Waals surface area (Å²) < 4.78 is 10.3. The Labute approximate surface area is 129 Å². The number of carbonyl (C=O) groups excluding carboxylic acids is 2. The van der Waals surface area contributed by atoms with E-state index in [1.807, 2.05) is 12.1 Å². The number of hydrogen-bond acceptors (Lipinski definition) is 4. The second kappa shape index (κ2) is 7.22. The average Bonchev–Trinajstić information content (AvgIpc) is 2.53. The Morgan fingerprint density at radius 3 is 2.32 bits per heavy atom. The van der Waals surface area contributed by atoms with Crippen molar-refractivity contribution in [1.82, 2.24) is 0 Å². The van der Waals surface area contributed by atoms with Gasteiger partial charge in [0.2, 0.25) is 0 Å². The number of ketones is 1. The molecule has 0 radical (unpaired) electrons. The Balaban J connectivity index is 2.06. The van der Waals surface area contributed by atoms with Gasteiger partial charge < -0.3 is 9.47 Å². The zero-order valence-electron chi connectivity index (χ0n) is 12.4. The van der Waals surface area contributed by atoms with Crippen molar-refractivity contribution < 1.29 is 19.1 Å². The fourth-order valence-electron chi connectivity index (χ4n) is 1.87. The van der Waals surface area contributed by atoms with Crippen LogP contribution in [0.3, 0.4) is 0 Å². The lowest BCUT2D eigenvalue weighted by atomic mass is 10.1. The SMILES string of the molecule is COc1ccc(/C=C/C(=O)Oc2ccccc2C(C)=O)cc1. The number of Topliss-reactive ketones (excluding diaryl/α,β-unsaturated/α-hetero) is 1. The quantitative estimate of drug-likeness (QED) is 0.367. The van der Waals surface area contributed by atoms with Gasteiger partial charge in [-0.15, -0.1) is 0 Å². The first-order valence-electron chi connectivity index (χ1n) is 6.74. The van der Waals surface area contributed by atoms with Crippen molar-refractivity contribution in [3.05, 3.63) is 65.7 Å². The first-order chi connectivity index (χ1) is 10.6. The molecule has 0 aliphatic rings. The molecule has 2 aromatic carbocycles. The third-order valence-electron chi connectivity index (χ3n) is 3.00. The summed E-state index contributed by atoms with van der Waals surface area (Å²) in [4.78, 5) is 23.3. The van der Waals surface area contributed by atoms with Crippen molar-refractivity contribution >= 4 is 17.8 Å². The van der Waals surface area contributed by atoms with Crippen LogP contribution in [-0.4, -0.2) is 18.9 Å². The Bertz CT molecular complexity index is 699. The van der Waals surface area contributed by atoms with Crippen molar-refractivity contribution in [1.29, 1.82) is 0 Å². The van der Waals surface area contributed by atoms with Crippen LogP contribution in [0, 0.1) is 0 Å². The zero-order valence-corrected chi connectivity index (χ0v) is 12.4. The standard InChI is InChI=1S/C18H16O4/c1-13(19)16-5-3-4-6-17(16)22-18(20)12-9-14-7-10-15(21-2)11-8-14/h3-12H,1-2H3/b12-9+. The molecular weight excluding hydrogens is 280 g/mol. The van der Waals surface area contributed by atoms with Gasteiger partial charge in [-0.3, -0.25) is 4.79 Å². The number of rotatable bonds is 5. The lowest BCUT2D eigenvalue weighted by Gasteiger charge is -2.05. The predicted molar refractivity (Wildman–Crippen MR) is 84.1 cm³/mol. The van der Waals surface area contributed by atoms with E-state index in [1.165, 1.54) is 13.0 Å². The molecule has 0 bridgehead atoms. The Hall–Kier alpha value is -2.88. The van der Waals surface area contributed by atoms with Gasteiger partial charge in [-0.1, -0.05) is 24.3 Å². The fraction of sp³-hybridized carbons (Fsp3) is 0.111. The monoisotopic (exact) mass is 296 g/mol. The highest BCUT2D eigenvalue weighted by molar-refractivity contribution is 5.98. The molecule has 0 heterocycles. The number of benzene rings is 2. The highest BCUT2D eigenvalue weighted by Gasteiger charge is 2.09. The number of methoxy groups -OCH3 is 1. The van der Waals surface area contributed by atoms with E-state index in [2.05, 4.69) is 0 Å². The maximum Gasteiger partial charge on any atom is 0.336 e. The number of hydrogen-bond donors (Lipinski definition) is 0. The minimum atomic E-state index is -0.537. The van der Waals surface area contributed by atoms with E-state index in [1.54, 1.807) is 49.6 Å². The van der Waals surface area contributed by atoms with Crippen LogP contribution in [0.1, 0.15) is 22.8 Å². The highest BCUT2D eigenvalue weighted by Crippen LogP contribution is 2.19. The average molecular weight is 296 g/mol. The number of ether oxygens (including phenoxy) is 2. The molecule has 0 aliphatic carbocycles. The molecule has 0 spiro atoms. The number of para-hydroxylation sites is 1. The molecule has 0 aliphatic heterocycles. The van der Waals surface area contributed by atoms with Crippen LogP contribution in [0.15, 0.2) is 54.6 Å². The summed E-state index contributed by atoms with van der Waals surface area (Å²) in [5.41, 5.74) is 1.23. The van der Waals surface area contributed by atoms with Crippen molar-refractivity contribution in [2.45, 2.75) is 6.92 Å². The van der Waals surface area contributed by atoms with Gasteiger partial charge in [-0.25, -0.2) is 4.79 Å². The molecule has 4 heteroatoms. The van der Waals surface area contributed by atoms with E-state index >= 15 is 0 Å². The maximum absolute atomic E-state index is 11.8. The van der Waals surface area contributed by atoms with Crippen LogP contribution in [0.25, 0.3) is 6.08 Å². The van der Waals surface area contributed by atoms with Crippen LogP contribution in [-0.2, 0) is 4.79 Å². The van der Waals surface area contributed by atoms with Crippen LogP contribution in [0.5, 0.6) is 11.5 Å². The molecule has 0 saturated heterocycles. The molecule has 0 saturated carbocycles. The van der Waals surface area contributed by atoms with Crippen LogP contribution in [0.2, 0.25) is 0 Å². The van der Waals surface area contributed by atoms with E-state index in [4.69, 9.17) is 9.47 Å². The zero-order chi connectivity index (χ0) is 15.9. The third-order valence-corrected chi connectivity index (χ3v) is 3.00. The highest BCUT2D eigenvalue weighted by atomic mass is 16.5. The molecule has 0 fully saturated rings. The fourth-order valence-corrected chi connectivity index (χ4v) is 1.87. The van der Waals surface area contributed by atoms with E-state index in [0.29, 0.717) is 5.56 Å². The van der Waals surface area contributed by atoms with Gasteiger partial charge in [0.25, 0.3) is 0 Å². The predicted octanol–water partition coefficient (Wildman–Crippen LogP) is 3.52. The topological polar surface area (TPSA) is 52.6 Å². The van der Waals surface area contributed by atoms with Crippen molar-refractivity contribution in [2.75, 3.05) is 7.11 Å². The molecule has 0 aromatic heterocycles.